The molecule has 0 unspecified atom stereocenters. The summed E-state index contributed by atoms with van der Waals surface area (Å²) in [4.78, 5) is 7.84. The molecule has 0 radical (unpaired) electrons. The average molecular weight is 337 g/mol. The molecule has 0 amide bonds. The van der Waals surface area contributed by atoms with E-state index in [2.05, 4.69) is 40.2 Å². The SMILES string of the molecule is COc1ccc2c(c1-c1ccc(N(C)C)cc1)Cc1sc(N)nc1-2. The molecule has 0 saturated carbocycles. The van der Waals surface area contributed by atoms with Crippen LogP contribution in [-0.4, -0.2) is 26.2 Å². The molecule has 1 aliphatic carbocycles. The maximum Gasteiger partial charge on any atom is 0.180 e. The third kappa shape index (κ3) is 2.24. The molecule has 2 N–H and O–H groups in total. The highest BCUT2D eigenvalue weighted by Gasteiger charge is 2.27. The van der Waals surface area contributed by atoms with E-state index < -0.39 is 0 Å². The predicted octanol–water partition coefficient (Wildman–Crippen LogP) is 4.04. The second-order valence-corrected chi connectivity index (χ2v) is 7.23. The van der Waals surface area contributed by atoms with Crippen molar-refractivity contribution in [3.05, 3.63) is 46.8 Å². The number of anilines is 2. The van der Waals surface area contributed by atoms with E-state index in [0.29, 0.717) is 5.13 Å². The Morgan fingerprint density at radius 1 is 1.12 bits per heavy atom. The number of fused-ring (bicyclic) bond motifs is 3. The van der Waals surface area contributed by atoms with Gasteiger partial charge >= 0.3 is 0 Å². The number of nitrogens with zero attached hydrogens (tertiary/aromatic N) is 2. The summed E-state index contributed by atoms with van der Waals surface area (Å²) in [5.41, 5.74) is 12.9. The van der Waals surface area contributed by atoms with Crippen molar-refractivity contribution in [3.63, 3.8) is 0 Å². The Labute approximate surface area is 145 Å². The van der Waals surface area contributed by atoms with Crippen LogP contribution in [0.3, 0.4) is 0 Å². The summed E-state index contributed by atoms with van der Waals surface area (Å²) in [5.74, 6) is 0.898. The Morgan fingerprint density at radius 3 is 2.54 bits per heavy atom. The molecule has 0 saturated heterocycles. The number of rotatable bonds is 3. The molecule has 4 nitrogen and oxygen atoms in total. The monoisotopic (exact) mass is 337 g/mol. The molecule has 24 heavy (non-hydrogen) atoms. The molecule has 5 heteroatoms. The van der Waals surface area contributed by atoms with Crippen LogP contribution in [0.15, 0.2) is 36.4 Å². The highest BCUT2D eigenvalue weighted by molar-refractivity contribution is 7.15. The Kier molecular flexibility index (Phi) is 3.46. The second-order valence-electron chi connectivity index (χ2n) is 6.11. The van der Waals surface area contributed by atoms with Gasteiger partial charge in [0, 0.05) is 42.2 Å². The maximum absolute atomic E-state index is 5.87. The molecule has 1 aromatic heterocycles. The van der Waals surface area contributed by atoms with Crippen molar-refractivity contribution in [3.8, 4) is 28.1 Å². The quantitative estimate of drug-likeness (QED) is 0.613. The van der Waals surface area contributed by atoms with Crippen LogP contribution in [0.2, 0.25) is 0 Å². The zero-order valence-corrected chi connectivity index (χ0v) is 14.8. The summed E-state index contributed by atoms with van der Waals surface area (Å²) in [6.07, 6.45) is 0.863. The van der Waals surface area contributed by atoms with E-state index in [0.717, 1.165) is 29.0 Å². The largest absolute Gasteiger partial charge is 0.496 e. The molecular formula is C19H19N3OS. The molecular weight excluding hydrogens is 318 g/mol. The topological polar surface area (TPSA) is 51.4 Å². The van der Waals surface area contributed by atoms with Crippen LogP contribution < -0.4 is 15.4 Å². The van der Waals surface area contributed by atoms with Crippen molar-refractivity contribution < 1.29 is 4.74 Å². The summed E-state index contributed by atoms with van der Waals surface area (Å²) in [5, 5.41) is 0.637. The van der Waals surface area contributed by atoms with Crippen molar-refractivity contribution >= 4 is 22.2 Å². The molecule has 0 fully saturated rings. The normalized spacial score (nSPS) is 12.0. The highest BCUT2D eigenvalue weighted by atomic mass is 32.1. The van der Waals surface area contributed by atoms with Crippen molar-refractivity contribution in [2.24, 2.45) is 0 Å². The minimum absolute atomic E-state index is 0.637. The Bertz CT molecular complexity index is 913. The maximum atomic E-state index is 5.87. The van der Waals surface area contributed by atoms with E-state index >= 15 is 0 Å². The molecule has 2 aromatic carbocycles. The number of hydrogen-bond acceptors (Lipinski definition) is 5. The van der Waals surface area contributed by atoms with Crippen molar-refractivity contribution in [2.75, 3.05) is 31.8 Å². The van der Waals surface area contributed by atoms with E-state index in [1.807, 2.05) is 20.2 Å². The first-order valence-corrected chi connectivity index (χ1v) is 8.63. The predicted molar refractivity (Wildman–Crippen MR) is 101 cm³/mol. The van der Waals surface area contributed by atoms with Crippen molar-refractivity contribution in [1.29, 1.82) is 0 Å². The van der Waals surface area contributed by atoms with Gasteiger partial charge in [-0.15, -0.1) is 11.3 Å². The summed E-state index contributed by atoms with van der Waals surface area (Å²) in [6, 6.07) is 12.7. The van der Waals surface area contributed by atoms with Gasteiger partial charge in [-0.05, 0) is 35.4 Å². The third-order valence-corrected chi connectivity index (χ3v) is 5.36. The first kappa shape index (κ1) is 15.0. The van der Waals surface area contributed by atoms with Gasteiger partial charge in [-0.3, -0.25) is 0 Å². The van der Waals surface area contributed by atoms with Gasteiger partial charge in [0.25, 0.3) is 0 Å². The smallest absolute Gasteiger partial charge is 0.180 e. The Morgan fingerprint density at radius 2 is 1.88 bits per heavy atom. The van der Waals surface area contributed by atoms with Crippen LogP contribution in [-0.2, 0) is 6.42 Å². The highest BCUT2D eigenvalue weighted by Crippen LogP contribution is 2.47. The molecule has 0 spiro atoms. The zero-order valence-electron chi connectivity index (χ0n) is 14.0. The molecule has 0 aliphatic heterocycles. The number of benzene rings is 2. The fourth-order valence-electron chi connectivity index (χ4n) is 3.31. The summed E-state index contributed by atoms with van der Waals surface area (Å²) < 4.78 is 5.65. The molecule has 0 bridgehead atoms. The number of methoxy groups -OCH3 is 1. The van der Waals surface area contributed by atoms with E-state index in [-0.39, 0.29) is 0 Å². The molecule has 4 rings (SSSR count). The number of nitrogen functional groups attached to an aromatic ring is 1. The molecule has 0 atom stereocenters. The summed E-state index contributed by atoms with van der Waals surface area (Å²) in [6.45, 7) is 0. The van der Waals surface area contributed by atoms with Crippen LogP contribution in [0, 0.1) is 0 Å². The van der Waals surface area contributed by atoms with Crippen LogP contribution in [0.4, 0.5) is 10.8 Å². The lowest BCUT2D eigenvalue weighted by Crippen LogP contribution is -2.08. The average Bonchev–Trinajstić information content (AvgIpc) is 3.09. The number of nitrogens with two attached hydrogens (primary N) is 1. The van der Waals surface area contributed by atoms with Gasteiger partial charge in [-0.1, -0.05) is 12.1 Å². The fraction of sp³-hybridized carbons (Fsp3) is 0.211. The summed E-state index contributed by atoms with van der Waals surface area (Å²) in [7, 11) is 5.81. The minimum Gasteiger partial charge on any atom is -0.496 e. The van der Waals surface area contributed by atoms with E-state index in [1.54, 1.807) is 18.4 Å². The molecule has 3 aromatic rings. The molecule has 122 valence electrons. The van der Waals surface area contributed by atoms with Crippen molar-refractivity contribution in [2.45, 2.75) is 6.42 Å². The van der Waals surface area contributed by atoms with Gasteiger partial charge < -0.3 is 15.4 Å². The third-order valence-electron chi connectivity index (χ3n) is 4.47. The lowest BCUT2D eigenvalue weighted by atomic mass is 9.95. The number of hydrogen-bond donors (Lipinski definition) is 1. The van der Waals surface area contributed by atoms with E-state index in [9.17, 15) is 0 Å². The van der Waals surface area contributed by atoms with Crippen LogP contribution in [0.25, 0.3) is 22.4 Å². The Hall–Kier alpha value is -2.53. The number of ether oxygens (including phenoxy) is 1. The van der Waals surface area contributed by atoms with Gasteiger partial charge in [0.15, 0.2) is 5.13 Å². The van der Waals surface area contributed by atoms with Gasteiger partial charge in [0.05, 0.1) is 12.8 Å². The lowest BCUT2D eigenvalue weighted by Gasteiger charge is -2.16. The first-order chi connectivity index (χ1) is 11.6. The van der Waals surface area contributed by atoms with E-state index in [1.165, 1.54) is 21.7 Å². The Balaban J connectivity index is 1.88. The lowest BCUT2D eigenvalue weighted by molar-refractivity contribution is 0.416. The van der Waals surface area contributed by atoms with Gasteiger partial charge in [-0.25, -0.2) is 4.98 Å². The van der Waals surface area contributed by atoms with Crippen LogP contribution in [0.5, 0.6) is 5.75 Å². The molecule has 1 aliphatic rings. The van der Waals surface area contributed by atoms with Crippen LogP contribution >= 0.6 is 11.3 Å². The van der Waals surface area contributed by atoms with Crippen LogP contribution in [0.1, 0.15) is 10.4 Å². The summed E-state index contributed by atoms with van der Waals surface area (Å²) >= 11 is 1.58. The van der Waals surface area contributed by atoms with Crippen molar-refractivity contribution in [1.82, 2.24) is 4.98 Å². The van der Waals surface area contributed by atoms with Gasteiger partial charge in [0.1, 0.15) is 5.75 Å². The standard InChI is InChI=1S/C19H19N3OS/c1-22(2)12-6-4-11(5-7-12)17-14-10-16-18(21-19(20)24-16)13(14)8-9-15(17)23-3/h4-9H,10H2,1-3H3,(H2,20,21). The molecule has 1 heterocycles. The fourth-order valence-corrected chi connectivity index (χ4v) is 4.16. The van der Waals surface area contributed by atoms with Gasteiger partial charge in [-0.2, -0.15) is 0 Å². The van der Waals surface area contributed by atoms with E-state index in [4.69, 9.17) is 10.5 Å². The second kappa shape index (κ2) is 5.53. The number of thiazole rings is 1. The zero-order chi connectivity index (χ0) is 16.8. The van der Waals surface area contributed by atoms with Gasteiger partial charge in [0.2, 0.25) is 0 Å². The minimum atomic E-state index is 0.637. The first-order valence-electron chi connectivity index (χ1n) is 7.81. The number of aromatic nitrogens is 1.